The summed E-state index contributed by atoms with van der Waals surface area (Å²) in [4.78, 5) is 6.29. The van der Waals surface area contributed by atoms with E-state index in [-0.39, 0.29) is 6.04 Å². The van der Waals surface area contributed by atoms with E-state index in [0.717, 1.165) is 12.1 Å². The van der Waals surface area contributed by atoms with Crippen molar-refractivity contribution in [2.45, 2.75) is 89.3 Å². The Morgan fingerprint density at radius 2 is 1.41 bits per heavy atom. The average molecular weight is 498 g/mol. The molecule has 1 unspecified atom stereocenters. The van der Waals surface area contributed by atoms with E-state index in [2.05, 4.69) is 63.8 Å². The zero-order chi connectivity index (χ0) is 25.2. The first kappa shape index (κ1) is 24.3. The van der Waals surface area contributed by atoms with E-state index in [9.17, 15) is 4.39 Å². The van der Waals surface area contributed by atoms with Crippen molar-refractivity contribution < 1.29 is 4.39 Å². The topological polar surface area (TPSA) is 40.2 Å². The Bertz CT molecular complexity index is 1230. The molecule has 3 aromatic rings. The Labute approximate surface area is 220 Å². The summed E-state index contributed by atoms with van der Waals surface area (Å²) >= 11 is 0. The second-order valence-electron chi connectivity index (χ2n) is 11.1. The van der Waals surface area contributed by atoms with Gasteiger partial charge in [-0.05, 0) is 85.7 Å². The monoisotopic (exact) mass is 497 g/mol. The van der Waals surface area contributed by atoms with Gasteiger partial charge in [-0.2, -0.15) is 4.39 Å². The summed E-state index contributed by atoms with van der Waals surface area (Å²) < 4.78 is 14.4. The van der Waals surface area contributed by atoms with Crippen molar-refractivity contribution in [3.05, 3.63) is 71.8 Å². The fourth-order valence-corrected chi connectivity index (χ4v) is 6.78. The number of fused-ring (bicyclic) bond motifs is 3. The molecule has 3 aliphatic rings. The summed E-state index contributed by atoms with van der Waals surface area (Å²) in [5.74, 6) is -0.426. The van der Waals surface area contributed by atoms with Gasteiger partial charge in [0.2, 0.25) is 5.95 Å². The van der Waals surface area contributed by atoms with Gasteiger partial charge >= 0.3 is 0 Å². The van der Waals surface area contributed by atoms with E-state index < -0.39 is 5.95 Å². The molecule has 0 bridgehead atoms. The van der Waals surface area contributed by atoms with Gasteiger partial charge in [-0.15, -0.1) is 0 Å². The quantitative estimate of drug-likeness (QED) is 0.336. The maximum absolute atomic E-state index is 14.4. The molecule has 2 aromatic carbocycles. The number of nitrogens with zero attached hydrogens (tertiary/aromatic N) is 2. The molecular formula is C32H39FN4. The molecule has 2 aliphatic carbocycles. The first-order valence-corrected chi connectivity index (χ1v) is 14.4. The lowest BCUT2D eigenvalue weighted by Gasteiger charge is -2.41. The number of rotatable bonds is 6. The summed E-state index contributed by atoms with van der Waals surface area (Å²) in [5, 5.41) is 7.62. The number of nitrogens with one attached hydrogen (secondary N) is 2. The summed E-state index contributed by atoms with van der Waals surface area (Å²) in [5.41, 5.74) is 8.23. The van der Waals surface area contributed by atoms with Gasteiger partial charge in [-0.25, -0.2) is 4.98 Å². The van der Waals surface area contributed by atoms with Crippen molar-refractivity contribution in [2.75, 3.05) is 22.1 Å². The molecule has 1 aliphatic heterocycles. The minimum Gasteiger partial charge on any atom is -0.382 e. The van der Waals surface area contributed by atoms with E-state index in [4.69, 9.17) is 0 Å². The van der Waals surface area contributed by atoms with Crippen LogP contribution in [0.25, 0.3) is 11.1 Å². The van der Waals surface area contributed by atoms with E-state index >= 15 is 0 Å². The molecule has 0 amide bonds. The number of hydrogen-bond acceptors (Lipinski definition) is 4. The molecule has 37 heavy (non-hydrogen) atoms. The average Bonchev–Trinajstić information content (AvgIpc) is 2.93. The molecule has 2 saturated carbocycles. The van der Waals surface area contributed by atoms with Crippen LogP contribution in [0, 0.1) is 5.95 Å². The molecule has 4 nitrogen and oxygen atoms in total. The number of aromatic nitrogens is 1. The van der Waals surface area contributed by atoms with Crippen LogP contribution < -0.4 is 15.5 Å². The predicted octanol–water partition coefficient (Wildman–Crippen LogP) is 8.31. The lowest BCUT2D eigenvalue weighted by molar-refractivity contribution is 0.462. The second kappa shape index (κ2) is 10.7. The number of halogens is 1. The standard InChI is InChI=1S/C32H39FN4/c1-2-37-30-21-26(36-24-11-7-4-8-12-24)14-16-28(30)27-15-13-25(35-23-9-5-3-6-10-23)20-29(27)32(37)22-17-18-34-31(33)19-22/h13-21,23-24,32,35-36H,2-12H2,1H3/i33-1. The molecule has 5 heteroatoms. The molecule has 2 fully saturated rings. The van der Waals surface area contributed by atoms with Crippen molar-refractivity contribution in [3.8, 4) is 11.1 Å². The predicted molar refractivity (Wildman–Crippen MR) is 152 cm³/mol. The highest BCUT2D eigenvalue weighted by atomic mass is 18.2. The van der Waals surface area contributed by atoms with Crippen LogP contribution in [0.15, 0.2) is 54.7 Å². The van der Waals surface area contributed by atoms with Gasteiger partial charge in [0.15, 0.2) is 0 Å². The van der Waals surface area contributed by atoms with E-state index in [1.54, 1.807) is 12.3 Å². The zero-order valence-corrected chi connectivity index (χ0v) is 22.0. The highest BCUT2D eigenvalue weighted by Crippen LogP contribution is 2.49. The van der Waals surface area contributed by atoms with Crippen LogP contribution in [0.2, 0.25) is 0 Å². The maximum Gasteiger partial charge on any atom is 0.213 e. The van der Waals surface area contributed by atoms with E-state index in [0.29, 0.717) is 12.1 Å². The molecule has 1 aromatic heterocycles. The second-order valence-corrected chi connectivity index (χ2v) is 11.1. The molecule has 2 heterocycles. The normalized spacial score (nSPS) is 20.3. The van der Waals surface area contributed by atoms with Crippen LogP contribution in [0.1, 0.15) is 88.3 Å². The van der Waals surface area contributed by atoms with E-state index in [1.165, 1.54) is 98.0 Å². The Kier molecular flexibility index (Phi) is 7.04. The van der Waals surface area contributed by atoms with Gasteiger partial charge in [0.05, 0.1) is 6.04 Å². The van der Waals surface area contributed by atoms with Gasteiger partial charge in [0.1, 0.15) is 0 Å². The largest absolute Gasteiger partial charge is 0.382 e. The summed E-state index contributed by atoms with van der Waals surface area (Å²) in [6.07, 6.45) is 14.5. The maximum atomic E-state index is 14.4. The van der Waals surface area contributed by atoms with Crippen LogP contribution in [-0.4, -0.2) is 23.6 Å². The fourth-order valence-electron chi connectivity index (χ4n) is 6.78. The summed E-state index contributed by atoms with van der Waals surface area (Å²) in [6.45, 7) is 3.03. The number of hydrogen-bond donors (Lipinski definition) is 2. The minimum absolute atomic E-state index is 0.0666. The Hall–Kier alpha value is -3.08. The van der Waals surface area contributed by atoms with Crippen LogP contribution in [-0.2, 0) is 0 Å². The first-order valence-electron chi connectivity index (χ1n) is 14.4. The van der Waals surface area contributed by atoms with Gasteiger partial charge in [-0.3, -0.25) is 0 Å². The Balaban J connectivity index is 1.41. The third-order valence-electron chi connectivity index (χ3n) is 8.61. The number of benzene rings is 2. The van der Waals surface area contributed by atoms with E-state index in [1.807, 2.05) is 6.07 Å². The Morgan fingerprint density at radius 3 is 2.03 bits per heavy atom. The van der Waals surface area contributed by atoms with Gasteiger partial charge < -0.3 is 15.5 Å². The molecule has 1 atom stereocenters. The molecule has 194 valence electrons. The number of anilines is 3. The molecule has 0 spiro atoms. The van der Waals surface area contributed by atoms with Gasteiger partial charge in [0.25, 0.3) is 0 Å². The summed E-state index contributed by atoms with van der Waals surface area (Å²) in [7, 11) is 0. The Morgan fingerprint density at radius 1 is 0.784 bits per heavy atom. The van der Waals surface area contributed by atoms with Crippen LogP contribution >= 0.6 is 0 Å². The highest BCUT2D eigenvalue weighted by molar-refractivity contribution is 5.88. The van der Waals surface area contributed by atoms with Crippen molar-refractivity contribution in [3.63, 3.8) is 0 Å². The van der Waals surface area contributed by atoms with Crippen molar-refractivity contribution in [1.82, 2.24) is 4.98 Å². The van der Waals surface area contributed by atoms with Crippen molar-refractivity contribution in [2.24, 2.45) is 0 Å². The third kappa shape index (κ3) is 5.05. The lowest BCUT2D eigenvalue weighted by atomic mass is 9.84. The smallest absolute Gasteiger partial charge is 0.213 e. The van der Waals surface area contributed by atoms with Crippen molar-refractivity contribution >= 4 is 17.1 Å². The lowest BCUT2D eigenvalue weighted by Crippen LogP contribution is -2.33. The SMILES string of the molecule is CCN1c2cc(NC3CCCCC3)ccc2-c2ccc(NC3CCCCC3)cc2C1c1ccnc([18F])c1. The van der Waals surface area contributed by atoms with Crippen molar-refractivity contribution in [1.29, 1.82) is 0 Å². The fraction of sp³-hybridized carbons (Fsp3) is 0.469. The molecule has 2 N–H and O–H groups in total. The molecule has 0 radical (unpaired) electrons. The minimum atomic E-state index is -0.426. The third-order valence-corrected chi connectivity index (χ3v) is 8.61. The first-order chi connectivity index (χ1) is 18.2. The summed E-state index contributed by atoms with van der Waals surface area (Å²) in [6, 6.07) is 18.2. The van der Waals surface area contributed by atoms with Gasteiger partial charge in [-0.1, -0.05) is 50.7 Å². The zero-order valence-electron chi connectivity index (χ0n) is 22.0. The highest BCUT2D eigenvalue weighted by Gasteiger charge is 2.32. The number of pyridine rings is 1. The molecular weight excluding hydrogens is 458 g/mol. The molecule has 6 rings (SSSR count). The van der Waals surface area contributed by atoms with Crippen LogP contribution in [0.3, 0.4) is 0 Å². The van der Waals surface area contributed by atoms with Crippen LogP contribution in [0.5, 0.6) is 0 Å². The van der Waals surface area contributed by atoms with Gasteiger partial charge in [0, 0.05) is 47.5 Å². The molecule has 0 saturated heterocycles. The van der Waals surface area contributed by atoms with Crippen LogP contribution in [0.4, 0.5) is 21.5 Å².